The monoisotopic (exact) mass is 495 g/mol. The molecule has 0 radical (unpaired) electrons. The van der Waals surface area contributed by atoms with Gasteiger partial charge in [-0.2, -0.15) is 0 Å². The van der Waals surface area contributed by atoms with E-state index in [9.17, 15) is 9.59 Å². The molecule has 1 aromatic heterocycles. The van der Waals surface area contributed by atoms with Gasteiger partial charge in [0.1, 0.15) is 11.6 Å². The summed E-state index contributed by atoms with van der Waals surface area (Å²) >= 11 is 0. The Kier molecular flexibility index (Phi) is 5.73. The first kappa shape index (κ1) is 23.6. The maximum atomic E-state index is 15.2. The number of nitrogens with zero attached hydrogens (tertiary/aromatic N) is 1. The normalized spacial score (nSPS) is 21.1. The van der Waals surface area contributed by atoms with E-state index in [4.69, 9.17) is 4.74 Å². The number of piperidine rings is 1. The van der Waals surface area contributed by atoms with Gasteiger partial charge in [-0.1, -0.05) is 38.1 Å². The van der Waals surface area contributed by atoms with Crippen LogP contribution in [0.3, 0.4) is 0 Å². The van der Waals surface area contributed by atoms with Crippen LogP contribution in [0.25, 0.3) is 22.0 Å². The molecule has 2 aromatic carbocycles. The van der Waals surface area contributed by atoms with E-state index >= 15 is 4.39 Å². The number of aromatic nitrogens is 1. The van der Waals surface area contributed by atoms with Crippen LogP contribution in [-0.4, -0.2) is 36.1 Å². The van der Waals surface area contributed by atoms with Crippen LogP contribution in [0.2, 0.25) is 0 Å². The summed E-state index contributed by atoms with van der Waals surface area (Å²) < 4.78 is 23.1. The maximum absolute atomic E-state index is 15.2. The third-order valence-corrected chi connectivity index (χ3v) is 7.41. The lowest BCUT2D eigenvalue weighted by Gasteiger charge is -2.40. The van der Waals surface area contributed by atoms with Crippen molar-refractivity contribution in [2.24, 2.45) is 5.41 Å². The average Bonchev–Trinajstić information content (AvgIpc) is 3.49. The van der Waals surface area contributed by atoms with Gasteiger partial charge in [0.15, 0.2) is 0 Å². The Morgan fingerprint density at radius 2 is 1.86 bits per heavy atom. The first-order valence-electron chi connectivity index (χ1n) is 11.7. The predicted molar refractivity (Wildman–Crippen MR) is 135 cm³/mol. The standard InChI is InChI=1S/C27H26FN3O3.ClH/c1-27(2)14-29-11-9-20(27)31-13-17(16-5-3-4-6-19(16)31)21-23(26(33)30-25(21)32)22-18(28)8-7-15-10-12-34-24(15)22;/h3-8,13,20,29H,9-12,14H2,1-2H3,(H,30,32,33);1H. The Morgan fingerprint density at radius 1 is 1.09 bits per heavy atom. The van der Waals surface area contributed by atoms with Gasteiger partial charge in [-0.15, -0.1) is 12.4 Å². The molecule has 3 aliphatic heterocycles. The Hall–Kier alpha value is -3.16. The summed E-state index contributed by atoms with van der Waals surface area (Å²) in [4.78, 5) is 26.2. The number of halogens is 2. The van der Waals surface area contributed by atoms with Crippen LogP contribution in [0, 0.1) is 11.2 Å². The minimum Gasteiger partial charge on any atom is -0.492 e. The molecule has 1 saturated heterocycles. The lowest BCUT2D eigenvalue weighted by molar-refractivity contribution is -0.122. The van der Waals surface area contributed by atoms with Crippen LogP contribution in [-0.2, 0) is 16.0 Å². The molecule has 1 atom stereocenters. The highest BCUT2D eigenvalue weighted by atomic mass is 35.5. The van der Waals surface area contributed by atoms with Crippen LogP contribution in [0.15, 0.2) is 42.6 Å². The van der Waals surface area contributed by atoms with Crippen molar-refractivity contribution >= 4 is 46.3 Å². The second-order valence-electron chi connectivity index (χ2n) is 9.98. The van der Waals surface area contributed by atoms with Crippen molar-refractivity contribution in [1.29, 1.82) is 0 Å². The van der Waals surface area contributed by atoms with Gasteiger partial charge >= 0.3 is 0 Å². The van der Waals surface area contributed by atoms with E-state index in [1.165, 1.54) is 6.07 Å². The highest BCUT2D eigenvalue weighted by Gasteiger charge is 2.39. The fourth-order valence-electron chi connectivity index (χ4n) is 5.75. The van der Waals surface area contributed by atoms with Crippen molar-refractivity contribution in [3.63, 3.8) is 0 Å². The lowest BCUT2D eigenvalue weighted by Crippen LogP contribution is -2.43. The van der Waals surface area contributed by atoms with Gasteiger partial charge in [0.05, 0.1) is 23.3 Å². The summed E-state index contributed by atoms with van der Waals surface area (Å²) in [5.41, 5.74) is 2.79. The zero-order valence-electron chi connectivity index (χ0n) is 19.6. The number of fused-ring (bicyclic) bond motifs is 2. The molecule has 2 N–H and O–H groups in total. The smallest absolute Gasteiger partial charge is 0.259 e. The number of benzene rings is 2. The Bertz CT molecular complexity index is 1410. The summed E-state index contributed by atoms with van der Waals surface area (Å²) in [6.45, 7) is 6.67. The fraction of sp³-hybridized carbons (Fsp3) is 0.333. The molecule has 6 nitrogen and oxygen atoms in total. The van der Waals surface area contributed by atoms with E-state index in [-0.39, 0.29) is 40.6 Å². The Balaban J connectivity index is 0.00000253. The number of hydrogen-bond acceptors (Lipinski definition) is 4. The first-order valence-corrected chi connectivity index (χ1v) is 11.7. The lowest BCUT2D eigenvalue weighted by atomic mass is 9.80. The van der Waals surface area contributed by atoms with Crippen LogP contribution < -0.4 is 15.4 Å². The molecular formula is C27H27ClFN3O3. The highest BCUT2D eigenvalue weighted by Crippen LogP contribution is 2.45. The molecule has 2 amide bonds. The third kappa shape index (κ3) is 3.56. The van der Waals surface area contributed by atoms with Crippen molar-refractivity contribution in [3.05, 3.63) is 65.1 Å². The molecule has 0 bridgehead atoms. The Labute approximate surface area is 208 Å². The zero-order valence-corrected chi connectivity index (χ0v) is 20.4. The number of ether oxygens (including phenoxy) is 1. The summed E-state index contributed by atoms with van der Waals surface area (Å²) in [6.07, 6.45) is 3.56. The van der Waals surface area contributed by atoms with Crippen LogP contribution in [0.4, 0.5) is 4.39 Å². The van der Waals surface area contributed by atoms with Crippen molar-refractivity contribution in [1.82, 2.24) is 15.2 Å². The van der Waals surface area contributed by atoms with E-state index < -0.39 is 17.6 Å². The van der Waals surface area contributed by atoms with Crippen molar-refractivity contribution in [2.45, 2.75) is 32.7 Å². The van der Waals surface area contributed by atoms with Gasteiger partial charge in [0.2, 0.25) is 0 Å². The van der Waals surface area contributed by atoms with E-state index in [0.717, 1.165) is 36.0 Å². The molecule has 0 spiro atoms. The van der Waals surface area contributed by atoms with Gasteiger partial charge in [-0.3, -0.25) is 14.9 Å². The minimum atomic E-state index is -0.596. The fourth-order valence-corrected chi connectivity index (χ4v) is 5.75. The van der Waals surface area contributed by atoms with Gasteiger partial charge in [0.25, 0.3) is 11.8 Å². The van der Waals surface area contributed by atoms with Crippen molar-refractivity contribution in [3.8, 4) is 5.75 Å². The molecule has 8 heteroatoms. The third-order valence-electron chi connectivity index (χ3n) is 7.41. The van der Waals surface area contributed by atoms with Gasteiger partial charge < -0.3 is 14.6 Å². The average molecular weight is 496 g/mol. The topological polar surface area (TPSA) is 72.4 Å². The number of rotatable bonds is 3. The summed E-state index contributed by atoms with van der Waals surface area (Å²) in [6, 6.07) is 11.1. The number of para-hydroxylation sites is 1. The molecule has 1 unspecified atom stereocenters. The zero-order chi connectivity index (χ0) is 23.6. The number of carbonyl (C=O) groups is 2. The van der Waals surface area contributed by atoms with E-state index in [2.05, 4.69) is 29.0 Å². The van der Waals surface area contributed by atoms with Crippen LogP contribution in [0.5, 0.6) is 5.75 Å². The summed E-state index contributed by atoms with van der Waals surface area (Å²) in [5, 5.41) is 6.74. The highest BCUT2D eigenvalue weighted by molar-refractivity contribution is 6.50. The quantitative estimate of drug-likeness (QED) is 0.532. The van der Waals surface area contributed by atoms with Crippen LogP contribution >= 0.6 is 12.4 Å². The molecule has 0 saturated carbocycles. The largest absolute Gasteiger partial charge is 0.492 e. The maximum Gasteiger partial charge on any atom is 0.259 e. The second kappa shape index (κ2) is 8.50. The SMILES string of the molecule is CC1(C)CNCCC1n1cc(C2=C(c3c(F)ccc4c3OCC4)C(=O)NC2=O)c2ccccc21.Cl. The molecule has 35 heavy (non-hydrogen) atoms. The molecule has 3 aliphatic rings. The van der Waals surface area contributed by atoms with E-state index in [1.54, 1.807) is 6.07 Å². The number of amides is 2. The summed E-state index contributed by atoms with van der Waals surface area (Å²) in [5.74, 6) is -1.31. The molecular weight excluding hydrogens is 469 g/mol. The molecule has 1 fully saturated rings. The van der Waals surface area contributed by atoms with Gasteiger partial charge in [-0.25, -0.2) is 4.39 Å². The number of hydrogen-bond donors (Lipinski definition) is 2. The Morgan fingerprint density at radius 3 is 2.66 bits per heavy atom. The molecule has 0 aliphatic carbocycles. The molecule has 3 aromatic rings. The summed E-state index contributed by atoms with van der Waals surface area (Å²) in [7, 11) is 0. The van der Waals surface area contributed by atoms with Gasteiger partial charge in [-0.05, 0) is 36.1 Å². The van der Waals surface area contributed by atoms with Crippen molar-refractivity contribution < 1.29 is 18.7 Å². The molecule has 182 valence electrons. The minimum absolute atomic E-state index is 0. The van der Waals surface area contributed by atoms with E-state index in [1.807, 2.05) is 30.5 Å². The van der Waals surface area contributed by atoms with Gasteiger partial charge in [0, 0.05) is 41.7 Å². The molecule has 6 rings (SSSR count). The number of carbonyl (C=O) groups excluding carboxylic acids is 2. The van der Waals surface area contributed by atoms with Crippen molar-refractivity contribution in [2.75, 3.05) is 19.7 Å². The number of imide groups is 1. The first-order chi connectivity index (χ1) is 16.4. The van der Waals surface area contributed by atoms with Crippen LogP contribution in [0.1, 0.15) is 43.0 Å². The molecule has 4 heterocycles. The second-order valence-corrected chi connectivity index (χ2v) is 9.98. The number of nitrogens with one attached hydrogen (secondary N) is 2. The predicted octanol–water partition coefficient (Wildman–Crippen LogP) is 4.26. The van der Waals surface area contributed by atoms with E-state index in [0.29, 0.717) is 24.3 Å².